The number of anilines is 1. The molecule has 6 heteroatoms. The van der Waals surface area contributed by atoms with Gasteiger partial charge in [-0.15, -0.1) is 0 Å². The summed E-state index contributed by atoms with van der Waals surface area (Å²) >= 11 is 0. The molecule has 3 aromatic carbocycles. The number of carbonyl (C=O) groups is 1. The molecule has 204 valence electrons. The Labute approximate surface area is 226 Å². The highest BCUT2D eigenvalue weighted by atomic mass is 16.5. The number of hydrogen-bond acceptors (Lipinski definition) is 5. The molecule has 3 rings (SSSR count). The third-order valence-corrected chi connectivity index (χ3v) is 6.70. The van der Waals surface area contributed by atoms with Crippen LogP contribution in [0.2, 0.25) is 0 Å². The maximum atomic E-state index is 12.5. The quantitative estimate of drug-likeness (QED) is 0.232. The first kappa shape index (κ1) is 29.2. The number of phenolic OH excluding ortho intramolecular Hbond substituents is 1. The molecule has 0 bridgehead atoms. The first-order chi connectivity index (χ1) is 18.5. The van der Waals surface area contributed by atoms with Crippen LogP contribution in [0.1, 0.15) is 54.9 Å². The molecule has 0 unspecified atom stereocenters. The Bertz CT molecular complexity index is 1130. The third kappa shape index (κ3) is 9.51. The Kier molecular flexibility index (Phi) is 12.1. The highest BCUT2D eigenvalue weighted by Gasteiger charge is 2.15. The van der Waals surface area contributed by atoms with E-state index in [0.29, 0.717) is 19.6 Å². The van der Waals surface area contributed by atoms with Crippen molar-refractivity contribution in [2.45, 2.75) is 58.4 Å². The van der Waals surface area contributed by atoms with E-state index in [9.17, 15) is 15.0 Å². The Morgan fingerprint density at radius 3 is 2.34 bits per heavy atom. The van der Waals surface area contributed by atoms with Crippen LogP contribution in [-0.2, 0) is 35.3 Å². The number of nitrogens with zero attached hydrogens (tertiary/aromatic N) is 1. The summed E-state index contributed by atoms with van der Waals surface area (Å²) in [4.78, 5) is 14.3. The van der Waals surface area contributed by atoms with Crippen LogP contribution in [0.5, 0.6) is 11.5 Å². The van der Waals surface area contributed by atoms with Crippen LogP contribution in [0.25, 0.3) is 0 Å². The highest BCUT2D eigenvalue weighted by molar-refractivity contribution is 5.91. The van der Waals surface area contributed by atoms with E-state index in [-0.39, 0.29) is 18.3 Å². The molecule has 0 fully saturated rings. The van der Waals surface area contributed by atoms with Gasteiger partial charge in [-0.3, -0.25) is 4.79 Å². The zero-order valence-corrected chi connectivity index (χ0v) is 22.7. The van der Waals surface area contributed by atoms with E-state index < -0.39 is 0 Å². The largest absolute Gasteiger partial charge is 0.508 e. The SMILES string of the molecule is COc1ccc(CCOCCCCCCc2cc(O)ccc2CN(C(C)=O)c2cccc(CCO)c2)cc1. The van der Waals surface area contributed by atoms with Crippen molar-refractivity contribution in [2.24, 2.45) is 0 Å². The summed E-state index contributed by atoms with van der Waals surface area (Å²) < 4.78 is 11.0. The molecule has 0 saturated heterocycles. The summed E-state index contributed by atoms with van der Waals surface area (Å²) in [6, 6.07) is 21.2. The van der Waals surface area contributed by atoms with E-state index in [2.05, 4.69) is 12.1 Å². The van der Waals surface area contributed by atoms with Gasteiger partial charge in [-0.05, 0) is 90.8 Å². The molecule has 0 heterocycles. The molecule has 38 heavy (non-hydrogen) atoms. The molecule has 0 aliphatic rings. The number of rotatable bonds is 16. The molecule has 0 aromatic heterocycles. The molecule has 3 aromatic rings. The summed E-state index contributed by atoms with van der Waals surface area (Å²) in [5.41, 5.74) is 5.15. The van der Waals surface area contributed by atoms with E-state index in [4.69, 9.17) is 9.47 Å². The van der Waals surface area contributed by atoms with Gasteiger partial charge in [-0.25, -0.2) is 0 Å². The van der Waals surface area contributed by atoms with Crippen LogP contribution in [0.3, 0.4) is 0 Å². The number of amides is 1. The highest BCUT2D eigenvalue weighted by Crippen LogP contribution is 2.25. The first-order valence-corrected chi connectivity index (χ1v) is 13.5. The summed E-state index contributed by atoms with van der Waals surface area (Å²) in [5, 5.41) is 19.4. The number of aliphatic hydroxyl groups is 1. The molecule has 0 aliphatic heterocycles. The van der Waals surface area contributed by atoms with Crippen LogP contribution in [0.4, 0.5) is 5.69 Å². The number of hydrogen-bond donors (Lipinski definition) is 2. The molecule has 0 radical (unpaired) electrons. The lowest BCUT2D eigenvalue weighted by molar-refractivity contribution is -0.116. The first-order valence-electron chi connectivity index (χ1n) is 13.5. The Hall–Kier alpha value is -3.35. The van der Waals surface area contributed by atoms with E-state index in [1.165, 1.54) is 5.56 Å². The second-order valence-corrected chi connectivity index (χ2v) is 9.58. The van der Waals surface area contributed by atoms with Crippen molar-refractivity contribution in [2.75, 3.05) is 31.8 Å². The van der Waals surface area contributed by atoms with Gasteiger partial charge in [-0.2, -0.15) is 0 Å². The average Bonchev–Trinajstić information content (AvgIpc) is 2.92. The number of phenols is 1. The van der Waals surface area contributed by atoms with Gasteiger partial charge in [0, 0.05) is 25.8 Å². The predicted molar refractivity (Wildman–Crippen MR) is 152 cm³/mol. The van der Waals surface area contributed by atoms with Crippen molar-refractivity contribution >= 4 is 11.6 Å². The summed E-state index contributed by atoms with van der Waals surface area (Å²) in [5.74, 6) is 1.07. The van der Waals surface area contributed by atoms with Crippen LogP contribution in [0.15, 0.2) is 66.7 Å². The smallest absolute Gasteiger partial charge is 0.224 e. The minimum absolute atomic E-state index is 0.0443. The van der Waals surface area contributed by atoms with E-state index in [0.717, 1.165) is 73.3 Å². The molecule has 0 atom stereocenters. The number of benzene rings is 3. The lowest BCUT2D eigenvalue weighted by Gasteiger charge is -2.23. The maximum absolute atomic E-state index is 12.5. The lowest BCUT2D eigenvalue weighted by Crippen LogP contribution is -2.28. The third-order valence-electron chi connectivity index (χ3n) is 6.70. The van der Waals surface area contributed by atoms with Gasteiger partial charge >= 0.3 is 0 Å². The van der Waals surface area contributed by atoms with E-state index >= 15 is 0 Å². The van der Waals surface area contributed by atoms with Gasteiger partial charge in [0.2, 0.25) is 5.91 Å². The van der Waals surface area contributed by atoms with E-state index in [1.54, 1.807) is 25.0 Å². The molecule has 1 amide bonds. The number of methoxy groups -OCH3 is 1. The predicted octanol–water partition coefficient (Wildman–Crippen LogP) is 5.85. The van der Waals surface area contributed by atoms with Gasteiger partial charge in [0.05, 0.1) is 20.3 Å². The monoisotopic (exact) mass is 519 g/mol. The number of aryl methyl sites for hydroxylation is 1. The minimum Gasteiger partial charge on any atom is -0.508 e. The van der Waals surface area contributed by atoms with Crippen LogP contribution in [-0.4, -0.2) is 43.1 Å². The fourth-order valence-electron chi connectivity index (χ4n) is 4.52. The Balaban J connectivity index is 1.44. The summed E-state index contributed by atoms with van der Waals surface area (Å²) in [6.45, 7) is 3.56. The molecule has 6 nitrogen and oxygen atoms in total. The summed E-state index contributed by atoms with van der Waals surface area (Å²) in [7, 11) is 1.67. The van der Waals surface area contributed by atoms with Gasteiger partial charge in [-0.1, -0.05) is 43.2 Å². The van der Waals surface area contributed by atoms with Gasteiger partial charge in [0.25, 0.3) is 0 Å². The normalized spacial score (nSPS) is 10.9. The number of aromatic hydroxyl groups is 1. The average molecular weight is 520 g/mol. The van der Waals surface area contributed by atoms with Gasteiger partial charge in [0.15, 0.2) is 0 Å². The zero-order valence-electron chi connectivity index (χ0n) is 22.7. The molecule has 0 aliphatic carbocycles. The van der Waals surface area contributed by atoms with Crippen molar-refractivity contribution in [3.63, 3.8) is 0 Å². The maximum Gasteiger partial charge on any atom is 0.224 e. The summed E-state index contributed by atoms with van der Waals surface area (Å²) in [6.07, 6.45) is 6.50. The minimum atomic E-state index is -0.0443. The fraction of sp³-hybridized carbons (Fsp3) is 0.406. The lowest BCUT2D eigenvalue weighted by atomic mass is 9.99. The second-order valence-electron chi connectivity index (χ2n) is 9.58. The molecule has 2 N–H and O–H groups in total. The number of carbonyl (C=O) groups excluding carboxylic acids is 1. The van der Waals surface area contributed by atoms with Crippen molar-refractivity contribution in [1.82, 2.24) is 0 Å². The van der Waals surface area contributed by atoms with Crippen LogP contribution < -0.4 is 9.64 Å². The standard InChI is InChI=1S/C32H41NO5/c1-25(35)33(30-10-7-8-27(22-30)17-19-34)24-29-13-14-31(36)23-28(29)9-5-3-4-6-20-38-21-18-26-11-15-32(37-2)16-12-26/h7-8,10-16,22-23,34,36H,3-6,9,17-21,24H2,1-2H3. The van der Waals surface area contributed by atoms with Crippen molar-refractivity contribution in [1.29, 1.82) is 0 Å². The molecular weight excluding hydrogens is 478 g/mol. The van der Waals surface area contributed by atoms with E-state index in [1.807, 2.05) is 48.5 Å². The van der Waals surface area contributed by atoms with Crippen molar-refractivity contribution in [3.05, 3.63) is 89.0 Å². The Morgan fingerprint density at radius 2 is 1.61 bits per heavy atom. The fourth-order valence-corrected chi connectivity index (χ4v) is 4.52. The molecular formula is C32H41NO5. The number of unbranched alkanes of at least 4 members (excludes halogenated alkanes) is 3. The second kappa shape index (κ2) is 15.8. The number of ether oxygens (including phenoxy) is 2. The molecule has 0 spiro atoms. The van der Waals surface area contributed by atoms with Gasteiger partial charge in [0.1, 0.15) is 11.5 Å². The Morgan fingerprint density at radius 1 is 0.816 bits per heavy atom. The molecule has 0 saturated carbocycles. The topological polar surface area (TPSA) is 79.2 Å². The van der Waals surface area contributed by atoms with Crippen LogP contribution >= 0.6 is 0 Å². The number of aliphatic hydroxyl groups excluding tert-OH is 1. The van der Waals surface area contributed by atoms with Crippen molar-refractivity contribution in [3.8, 4) is 11.5 Å². The van der Waals surface area contributed by atoms with Crippen molar-refractivity contribution < 1.29 is 24.5 Å². The zero-order chi connectivity index (χ0) is 27.2. The van der Waals surface area contributed by atoms with Crippen LogP contribution in [0, 0.1) is 0 Å². The van der Waals surface area contributed by atoms with Gasteiger partial charge < -0.3 is 24.6 Å².